The van der Waals surface area contributed by atoms with E-state index in [0.29, 0.717) is 11.2 Å². The molecule has 0 aromatic carbocycles. The van der Waals surface area contributed by atoms with E-state index in [1.54, 1.807) is 0 Å². The first-order chi connectivity index (χ1) is 9.79. The number of nitrogens with zero attached hydrogens (tertiary/aromatic N) is 2. The lowest BCUT2D eigenvalue weighted by Crippen LogP contribution is -2.50. The van der Waals surface area contributed by atoms with Crippen LogP contribution in [0.3, 0.4) is 0 Å². The molecule has 0 aliphatic carbocycles. The summed E-state index contributed by atoms with van der Waals surface area (Å²) in [4.78, 5) is 7.26. The van der Waals surface area contributed by atoms with Crippen molar-refractivity contribution in [3.05, 3.63) is 28.5 Å². The number of aromatic nitrogens is 1. The molecule has 1 N–H and O–H groups in total. The summed E-state index contributed by atoms with van der Waals surface area (Å²) in [5.41, 5.74) is 2.69. The first-order valence-corrected chi connectivity index (χ1v) is 7.88. The Morgan fingerprint density at radius 1 is 1.35 bits per heavy atom. The number of pyridine rings is 1. The zero-order valence-corrected chi connectivity index (χ0v) is 12.3. The number of halogens is 1. The van der Waals surface area contributed by atoms with Crippen LogP contribution >= 0.6 is 11.6 Å². The van der Waals surface area contributed by atoms with Crippen molar-refractivity contribution in [2.24, 2.45) is 0 Å². The van der Waals surface area contributed by atoms with Crippen molar-refractivity contribution in [1.82, 2.24) is 15.2 Å². The third-order valence-electron chi connectivity index (χ3n) is 5.11. The molecule has 4 nitrogen and oxygen atoms in total. The molecular weight excluding hydrogens is 274 g/mol. The van der Waals surface area contributed by atoms with Crippen molar-refractivity contribution >= 4 is 11.6 Å². The van der Waals surface area contributed by atoms with Crippen LogP contribution in [-0.2, 0) is 16.8 Å². The van der Waals surface area contributed by atoms with E-state index < -0.39 is 0 Å². The molecule has 0 amide bonds. The summed E-state index contributed by atoms with van der Waals surface area (Å²) < 4.78 is 5.62. The van der Waals surface area contributed by atoms with Crippen LogP contribution < -0.4 is 5.32 Å². The van der Waals surface area contributed by atoms with E-state index in [0.717, 1.165) is 45.7 Å². The Kier molecular flexibility index (Phi) is 3.22. The highest BCUT2D eigenvalue weighted by Gasteiger charge is 2.49. The standard InChI is InChI=1S/C15H20ClN3O/c16-14-2-1-12-13(18-14)10-19(11-3-6-17-9-11)15(12)4-7-20-8-5-15/h1-2,11,17H,3-10H2. The van der Waals surface area contributed by atoms with Crippen molar-refractivity contribution in [3.8, 4) is 0 Å². The molecule has 1 spiro atoms. The monoisotopic (exact) mass is 293 g/mol. The number of ether oxygens (including phenoxy) is 1. The van der Waals surface area contributed by atoms with E-state index in [-0.39, 0.29) is 5.54 Å². The molecule has 1 unspecified atom stereocenters. The quantitative estimate of drug-likeness (QED) is 0.803. The molecule has 108 valence electrons. The summed E-state index contributed by atoms with van der Waals surface area (Å²) in [6, 6.07) is 4.74. The second-order valence-electron chi connectivity index (χ2n) is 6.05. The molecule has 3 aliphatic rings. The van der Waals surface area contributed by atoms with Crippen LogP contribution in [0, 0.1) is 0 Å². The van der Waals surface area contributed by atoms with Gasteiger partial charge in [-0.1, -0.05) is 17.7 Å². The van der Waals surface area contributed by atoms with E-state index in [2.05, 4.69) is 21.3 Å². The van der Waals surface area contributed by atoms with Crippen LogP contribution in [0.4, 0.5) is 0 Å². The van der Waals surface area contributed by atoms with E-state index in [1.165, 1.54) is 17.7 Å². The molecule has 2 saturated heterocycles. The van der Waals surface area contributed by atoms with E-state index in [1.807, 2.05) is 6.07 Å². The number of hydrogen-bond donors (Lipinski definition) is 1. The third kappa shape index (κ3) is 1.90. The lowest BCUT2D eigenvalue weighted by Gasteiger charge is -2.44. The Hall–Kier alpha value is -0.680. The van der Waals surface area contributed by atoms with Crippen LogP contribution in [0.1, 0.15) is 30.5 Å². The summed E-state index contributed by atoms with van der Waals surface area (Å²) in [5.74, 6) is 0. The van der Waals surface area contributed by atoms with Crippen molar-refractivity contribution in [3.63, 3.8) is 0 Å². The third-order valence-corrected chi connectivity index (χ3v) is 5.32. The second kappa shape index (κ2) is 4.95. The van der Waals surface area contributed by atoms with Crippen LogP contribution in [0.15, 0.2) is 12.1 Å². The average molecular weight is 294 g/mol. The lowest BCUT2D eigenvalue weighted by molar-refractivity contribution is -0.0412. The minimum atomic E-state index is 0.127. The predicted octanol–water partition coefficient (Wildman–Crippen LogP) is 1.92. The number of rotatable bonds is 1. The topological polar surface area (TPSA) is 37.4 Å². The molecule has 1 atom stereocenters. The SMILES string of the molecule is Clc1ccc2c(n1)CN(C1CCNC1)C21CCOCC1. The fourth-order valence-corrected chi connectivity index (χ4v) is 4.30. The minimum absolute atomic E-state index is 0.127. The van der Waals surface area contributed by atoms with Gasteiger partial charge >= 0.3 is 0 Å². The highest BCUT2D eigenvalue weighted by Crippen LogP contribution is 2.47. The van der Waals surface area contributed by atoms with Crippen LogP contribution in [0.25, 0.3) is 0 Å². The Labute approximate surface area is 124 Å². The molecule has 4 heterocycles. The molecule has 5 heteroatoms. The smallest absolute Gasteiger partial charge is 0.129 e. The summed E-state index contributed by atoms with van der Waals surface area (Å²) >= 11 is 6.09. The van der Waals surface area contributed by atoms with Gasteiger partial charge in [-0.3, -0.25) is 4.90 Å². The van der Waals surface area contributed by atoms with Crippen molar-refractivity contribution in [2.75, 3.05) is 26.3 Å². The molecule has 3 aliphatic heterocycles. The fourth-order valence-electron chi connectivity index (χ4n) is 4.14. The summed E-state index contributed by atoms with van der Waals surface area (Å²) in [5, 5.41) is 4.10. The van der Waals surface area contributed by atoms with Gasteiger partial charge in [0.2, 0.25) is 0 Å². The lowest BCUT2D eigenvalue weighted by atomic mass is 9.82. The predicted molar refractivity (Wildman–Crippen MR) is 77.8 cm³/mol. The average Bonchev–Trinajstić information content (AvgIpc) is 3.07. The molecule has 20 heavy (non-hydrogen) atoms. The Balaban J connectivity index is 1.76. The molecule has 4 rings (SSSR count). The van der Waals surface area contributed by atoms with E-state index in [4.69, 9.17) is 16.3 Å². The first kappa shape index (κ1) is 13.0. The Morgan fingerprint density at radius 3 is 2.95 bits per heavy atom. The normalized spacial score (nSPS) is 28.9. The summed E-state index contributed by atoms with van der Waals surface area (Å²) in [6.07, 6.45) is 3.37. The molecule has 0 radical (unpaired) electrons. The van der Waals surface area contributed by atoms with E-state index >= 15 is 0 Å². The van der Waals surface area contributed by atoms with Crippen LogP contribution in [0.5, 0.6) is 0 Å². The van der Waals surface area contributed by atoms with Gasteiger partial charge in [0, 0.05) is 32.3 Å². The van der Waals surface area contributed by atoms with Crippen molar-refractivity contribution < 1.29 is 4.74 Å². The zero-order chi connectivity index (χ0) is 13.6. The van der Waals surface area contributed by atoms with Gasteiger partial charge in [-0.15, -0.1) is 0 Å². The maximum atomic E-state index is 6.09. The summed E-state index contributed by atoms with van der Waals surface area (Å²) in [6.45, 7) is 4.84. The van der Waals surface area contributed by atoms with E-state index in [9.17, 15) is 0 Å². The first-order valence-electron chi connectivity index (χ1n) is 7.51. The minimum Gasteiger partial charge on any atom is -0.381 e. The summed E-state index contributed by atoms with van der Waals surface area (Å²) in [7, 11) is 0. The highest BCUT2D eigenvalue weighted by atomic mass is 35.5. The largest absolute Gasteiger partial charge is 0.381 e. The number of fused-ring (bicyclic) bond motifs is 2. The van der Waals surface area contributed by atoms with Gasteiger partial charge in [-0.2, -0.15) is 0 Å². The van der Waals surface area contributed by atoms with Gasteiger partial charge in [0.1, 0.15) is 5.15 Å². The Bertz CT molecular complexity index is 510. The van der Waals surface area contributed by atoms with Crippen LogP contribution in [-0.4, -0.2) is 42.2 Å². The van der Waals surface area contributed by atoms with Gasteiger partial charge in [0.15, 0.2) is 0 Å². The number of hydrogen-bond acceptors (Lipinski definition) is 4. The molecule has 2 fully saturated rings. The van der Waals surface area contributed by atoms with Gasteiger partial charge in [0.05, 0.1) is 11.2 Å². The molecule has 1 aromatic rings. The van der Waals surface area contributed by atoms with Gasteiger partial charge in [0.25, 0.3) is 0 Å². The van der Waals surface area contributed by atoms with Crippen molar-refractivity contribution in [1.29, 1.82) is 0 Å². The van der Waals surface area contributed by atoms with Gasteiger partial charge < -0.3 is 10.1 Å². The molecule has 0 saturated carbocycles. The van der Waals surface area contributed by atoms with Crippen LogP contribution in [0.2, 0.25) is 5.15 Å². The second-order valence-corrected chi connectivity index (χ2v) is 6.43. The highest BCUT2D eigenvalue weighted by molar-refractivity contribution is 6.29. The number of nitrogens with one attached hydrogen (secondary N) is 1. The molecule has 1 aromatic heterocycles. The molecule has 0 bridgehead atoms. The van der Waals surface area contributed by atoms with Gasteiger partial charge in [-0.25, -0.2) is 4.98 Å². The Morgan fingerprint density at radius 2 is 2.20 bits per heavy atom. The van der Waals surface area contributed by atoms with Crippen molar-refractivity contribution in [2.45, 2.75) is 37.4 Å². The maximum Gasteiger partial charge on any atom is 0.129 e. The maximum absolute atomic E-state index is 6.09. The molecular formula is C15H20ClN3O. The van der Waals surface area contributed by atoms with Gasteiger partial charge in [-0.05, 0) is 37.4 Å². The fraction of sp³-hybridized carbons (Fsp3) is 0.667. The zero-order valence-electron chi connectivity index (χ0n) is 11.6.